The molecule has 0 saturated heterocycles. The van der Waals surface area contributed by atoms with Gasteiger partial charge in [0.05, 0.1) is 10.8 Å². The number of aromatic nitrogens is 1. The number of fused-ring (bicyclic) bond motifs is 1. The minimum absolute atomic E-state index is 0. The highest BCUT2D eigenvalue weighted by molar-refractivity contribution is 5.93. The maximum atomic E-state index is 13.3. The minimum Gasteiger partial charge on any atom is -1.00 e. The zero-order valence-electron chi connectivity index (χ0n) is 8.49. The van der Waals surface area contributed by atoms with Crippen LogP contribution in [0.3, 0.4) is 0 Å². The molecule has 0 bridgehead atoms. The predicted molar refractivity (Wildman–Crippen MR) is 46.2 cm³/mol. The first-order valence-electron chi connectivity index (χ1n) is 4.25. The number of benzene rings is 1. The molecule has 0 radical (unpaired) electrons. The summed E-state index contributed by atoms with van der Waals surface area (Å²) in [6, 6.07) is 0. The van der Waals surface area contributed by atoms with Crippen LogP contribution in [0.25, 0.3) is 15.7 Å². The average Bonchev–Trinajstić information content (AvgIpc) is 2.36. The molecule has 10 heteroatoms. The number of hydrogen-bond donors (Lipinski definition) is 0. The molecule has 2 aromatic rings. The zero-order chi connectivity index (χ0) is 13.6. The number of rotatable bonds is 0. The molecule has 0 fully saturated rings. The molecule has 0 aliphatic heterocycles. The first-order valence-corrected chi connectivity index (χ1v) is 4.25. The second-order valence-corrected chi connectivity index (χ2v) is 3.15. The van der Waals surface area contributed by atoms with Gasteiger partial charge >= 0.3 is 11.8 Å². The molecule has 1 heterocycles. The summed E-state index contributed by atoms with van der Waals surface area (Å²) in [4.78, 5) is 4.90. The van der Waals surface area contributed by atoms with Gasteiger partial charge < -0.3 is 4.70 Å². The Morgan fingerprint density at radius 1 is 0.737 bits per heavy atom. The van der Waals surface area contributed by atoms with Crippen molar-refractivity contribution in [1.29, 1.82) is 5.39 Å². The fraction of sp³-hybridized carbons (Fsp3) is 0. The van der Waals surface area contributed by atoms with Crippen molar-refractivity contribution in [1.82, 2.24) is 4.98 Å². The van der Waals surface area contributed by atoms with Gasteiger partial charge in [-0.2, -0.15) is 8.78 Å². The van der Waals surface area contributed by atoms with Crippen molar-refractivity contribution < 1.29 is 31.0 Å². The van der Waals surface area contributed by atoms with E-state index in [1.165, 1.54) is 0 Å². The molecule has 0 amide bonds. The van der Waals surface area contributed by atoms with Gasteiger partial charge in [-0.25, -0.2) is 17.6 Å². The molecule has 100 valence electrons. The second-order valence-electron chi connectivity index (χ2n) is 3.15. The van der Waals surface area contributed by atoms with Crippen LogP contribution in [-0.4, -0.2) is 4.98 Å². The van der Waals surface area contributed by atoms with Crippen molar-refractivity contribution in [2.45, 2.75) is 0 Å². The third-order valence-corrected chi connectivity index (χ3v) is 2.19. The van der Waals surface area contributed by atoms with Gasteiger partial charge in [-0.15, -0.1) is 0 Å². The summed E-state index contributed by atoms with van der Waals surface area (Å²) in [5.74, 6) is -13.9. The molecule has 19 heavy (non-hydrogen) atoms. The molecular weight excluding hydrogens is 283 g/mol. The minimum atomic E-state index is -2.31. The van der Waals surface area contributed by atoms with Crippen LogP contribution in [0.5, 0.6) is 0 Å². The van der Waals surface area contributed by atoms with E-state index < -0.39 is 51.6 Å². The molecule has 0 unspecified atom stereocenters. The van der Waals surface area contributed by atoms with Crippen LogP contribution in [0.15, 0.2) is 0 Å². The van der Waals surface area contributed by atoms with Crippen molar-refractivity contribution in [2.75, 3.05) is 0 Å². The Labute approximate surface area is 99.0 Å². The van der Waals surface area contributed by atoms with E-state index in [-0.39, 0.29) is 4.70 Å². The van der Waals surface area contributed by atoms with E-state index in [1.807, 2.05) is 0 Å². The number of hydrogen-bond acceptors (Lipinski definition) is 2. The maximum Gasteiger partial charge on any atom is 0.478 e. The number of diazo groups is 1. The Balaban J connectivity index is 0.00000180. The summed E-state index contributed by atoms with van der Waals surface area (Å²) >= 11 is 0. The quantitative estimate of drug-likeness (QED) is 0.233. The number of pyridine rings is 1. The van der Waals surface area contributed by atoms with Gasteiger partial charge in [0.25, 0.3) is 0 Å². The van der Waals surface area contributed by atoms with E-state index in [4.69, 9.17) is 5.39 Å². The van der Waals surface area contributed by atoms with Crippen LogP contribution in [0.2, 0.25) is 0 Å². The van der Waals surface area contributed by atoms with Crippen molar-refractivity contribution in [3.05, 3.63) is 40.0 Å². The lowest BCUT2D eigenvalue weighted by Crippen LogP contribution is -3.00. The lowest BCUT2D eigenvalue weighted by molar-refractivity contribution is -0.00000700. The van der Waals surface area contributed by atoms with Crippen LogP contribution < -0.4 is 4.70 Å². The molecule has 2 rings (SSSR count). The van der Waals surface area contributed by atoms with Crippen LogP contribution >= 0.6 is 0 Å². The van der Waals surface area contributed by atoms with Crippen molar-refractivity contribution in [3.8, 4) is 0 Å². The van der Waals surface area contributed by atoms with Gasteiger partial charge in [-0.1, -0.05) is 0 Å². The number of nitrogens with zero attached hydrogens (tertiary/aromatic N) is 3. The van der Waals surface area contributed by atoms with Gasteiger partial charge in [0, 0.05) is 9.96 Å². The summed E-state index contributed by atoms with van der Waals surface area (Å²) in [5, 5.41) is 5.57. The number of halogens is 7. The summed E-state index contributed by atoms with van der Waals surface area (Å²) in [6.07, 6.45) is 0. The molecule has 0 aliphatic carbocycles. The molecule has 1 aromatic carbocycles. The Morgan fingerprint density at radius 3 is 1.68 bits per heavy atom. The van der Waals surface area contributed by atoms with E-state index in [0.717, 1.165) is 0 Å². The Bertz CT molecular complexity index is 723. The van der Waals surface area contributed by atoms with Gasteiger partial charge in [-0.3, -0.25) is 0 Å². The van der Waals surface area contributed by atoms with E-state index in [0.29, 0.717) is 0 Å². The maximum absolute atomic E-state index is 13.3. The first kappa shape index (κ1) is 14.6. The van der Waals surface area contributed by atoms with Crippen LogP contribution in [0, 0.1) is 40.4 Å². The highest BCUT2D eigenvalue weighted by atomic mass is 19.2. The summed E-state index contributed by atoms with van der Waals surface area (Å²) in [6.45, 7) is 0. The van der Waals surface area contributed by atoms with Crippen molar-refractivity contribution >= 4 is 16.6 Å². The van der Waals surface area contributed by atoms with Crippen LogP contribution in [0.1, 0.15) is 0 Å². The van der Waals surface area contributed by atoms with Crippen molar-refractivity contribution in [3.63, 3.8) is 0 Å². The molecule has 0 spiro atoms. The topological polar surface area (TPSA) is 41.0 Å². The van der Waals surface area contributed by atoms with Gasteiger partial charge in [0.1, 0.15) is 5.39 Å². The molecular formula is C9F7N3. The first-order chi connectivity index (χ1) is 8.40. The molecule has 0 saturated carbocycles. The van der Waals surface area contributed by atoms with Crippen molar-refractivity contribution in [2.24, 2.45) is 0 Å². The lowest BCUT2D eigenvalue weighted by atomic mass is 10.1. The molecule has 3 nitrogen and oxygen atoms in total. The lowest BCUT2D eigenvalue weighted by Gasteiger charge is -2.02. The molecule has 0 atom stereocenters. The summed E-state index contributed by atoms with van der Waals surface area (Å²) < 4.78 is 78.5. The SMILES string of the molecule is N#[N+]c1nc(F)c(F)c2c(F)c(F)c(F)c(F)c12.[F-]. The zero-order valence-corrected chi connectivity index (χ0v) is 8.49. The largest absolute Gasteiger partial charge is 1.00 e. The van der Waals surface area contributed by atoms with Gasteiger partial charge in [0.15, 0.2) is 23.3 Å². The molecule has 1 aromatic heterocycles. The molecule has 0 N–H and O–H groups in total. The Morgan fingerprint density at radius 2 is 1.21 bits per heavy atom. The van der Waals surface area contributed by atoms with E-state index in [9.17, 15) is 26.3 Å². The Kier molecular flexibility index (Phi) is 3.60. The fourth-order valence-corrected chi connectivity index (χ4v) is 1.42. The van der Waals surface area contributed by atoms with E-state index in [1.54, 1.807) is 0 Å². The second kappa shape index (κ2) is 4.68. The van der Waals surface area contributed by atoms with Gasteiger partial charge in [0.2, 0.25) is 5.82 Å². The predicted octanol–water partition coefficient (Wildman–Crippen LogP) is 0.558. The van der Waals surface area contributed by atoms with Crippen LogP contribution in [-0.2, 0) is 0 Å². The third-order valence-electron chi connectivity index (χ3n) is 2.19. The summed E-state index contributed by atoms with van der Waals surface area (Å²) in [7, 11) is 0. The fourth-order valence-electron chi connectivity index (χ4n) is 1.42. The monoisotopic (exact) mass is 283 g/mol. The average molecular weight is 283 g/mol. The van der Waals surface area contributed by atoms with Gasteiger partial charge in [-0.05, 0) is 0 Å². The third kappa shape index (κ3) is 1.83. The summed E-state index contributed by atoms with van der Waals surface area (Å²) in [5.41, 5.74) is 0. The standard InChI is InChI=1S/C9F6N3.FH/c10-3-1-2(4(11)7(14)6(3)13)9(18-16)17-8(15)5(1)12;/h;1H/q+1;/p-1. The van der Waals surface area contributed by atoms with Crippen LogP contribution in [0.4, 0.5) is 32.2 Å². The Hall–Kier alpha value is -2.44. The molecule has 0 aliphatic rings. The van der Waals surface area contributed by atoms with E-state index in [2.05, 4.69) is 9.96 Å². The van der Waals surface area contributed by atoms with E-state index >= 15 is 0 Å². The highest BCUT2D eigenvalue weighted by Crippen LogP contribution is 2.34. The highest BCUT2D eigenvalue weighted by Gasteiger charge is 2.33. The smallest absolute Gasteiger partial charge is 0.478 e. The normalized spacial score (nSPS) is 10.2.